The summed E-state index contributed by atoms with van der Waals surface area (Å²) in [5, 5.41) is 8.68. The van der Waals surface area contributed by atoms with Crippen molar-refractivity contribution >= 4 is 21.7 Å². The molecule has 0 fully saturated rings. The zero-order valence-electron chi connectivity index (χ0n) is 15.0. The van der Waals surface area contributed by atoms with E-state index in [0.29, 0.717) is 24.7 Å². The van der Waals surface area contributed by atoms with Crippen molar-refractivity contribution in [1.82, 2.24) is 0 Å². The molecule has 0 saturated heterocycles. The van der Waals surface area contributed by atoms with E-state index in [1.54, 1.807) is 12.1 Å². The molecule has 0 aliphatic carbocycles. The topological polar surface area (TPSA) is 115 Å². The minimum atomic E-state index is -3.86. The number of anilines is 1. The number of benzene rings is 2. The first-order valence-corrected chi connectivity index (χ1v) is 10.0. The summed E-state index contributed by atoms with van der Waals surface area (Å²) >= 11 is 0. The molecule has 28 heavy (non-hydrogen) atoms. The van der Waals surface area contributed by atoms with Gasteiger partial charge in [0.1, 0.15) is 6.07 Å². The SMILES string of the molecule is CC(C#N)OC(=O)c1ccc(NS(=O)(=O)c2ccc3c(c2)OCCCO3)cc1. The monoisotopic (exact) mass is 402 g/mol. The van der Waals surface area contributed by atoms with Gasteiger partial charge in [-0.25, -0.2) is 13.2 Å². The maximum absolute atomic E-state index is 12.6. The molecule has 1 unspecified atom stereocenters. The Kier molecular flexibility index (Phi) is 5.70. The van der Waals surface area contributed by atoms with E-state index >= 15 is 0 Å². The first-order chi connectivity index (χ1) is 13.4. The fourth-order valence-corrected chi connectivity index (χ4v) is 3.53. The highest BCUT2D eigenvalue weighted by Gasteiger charge is 2.19. The van der Waals surface area contributed by atoms with Gasteiger partial charge >= 0.3 is 5.97 Å². The van der Waals surface area contributed by atoms with Gasteiger partial charge in [0.05, 0.1) is 23.7 Å². The van der Waals surface area contributed by atoms with Crippen molar-refractivity contribution in [1.29, 1.82) is 5.26 Å². The Balaban J connectivity index is 1.75. The van der Waals surface area contributed by atoms with Crippen LogP contribution in [0.15, 0.2) is 47.4 Å². The van der Waals surface area contributed by atoms with Crippen LogP contribution in [0.5, 0.6) is 11.5 Å². The van der Waals surface area contributed by atoms with Gasteiger partial charge in [0, 0.05) is 18.2 Å². The standard InChI is InChI=1S/C19H18N2O6S/c1-13(12-20)27-19(22)14-3-5-15(6-4-14)21-28(23,24)16-7-8-17-18(11-16)26-10-2-9-25-17/h3-8,11,13,21H,2,9-10H2,1H3. The number of nitrogens with one attached hydrogen (secondary N) is 1. The number of hydrogen-bond donors (Lipinski definition) is 1. The predicted octanol–water partition coefficient (Wildman–Crippen LogP) is 2.72. The van der Waals surface area contributed by atoms with Crippen molar-refractivity contribution in [2.24, 2.45) is 0 Å². The number of fused-ring (bicyclic) bond motifs is 1. The summed E-state index contributed by atoms with van der Waals surface area (Å²) in [7, 11) is -3.86. The molecule has 9 heteroatoms. The molecule has 1 heterocycles. The molecule has 3 rings (SSSR count). The van der Waals surface area contributed by atoms with Crippen LogP contribution in [-0.2, 0) is 14.8 Å². The molecule has 8 nitrogen and oxygen atoms in total. The first-order valence-electron chi connectivity index (χ1n) is 8.52. The highest BCUT2D eigenvalue weighted by atomic mass is 32.2. The molecular weight excluding hydrogens is 384 g/mol. The molecule has 0 saturated carbocycles. The Bertz CT molecular complexity index is 1010. The Morgan fingerprint density at radius 2 is 1.82 bits per heavy atom. The van der Waals surface area contributed by atoms with Gasteiger partial charge in [-0.3, -0.25) is 4.72 Å². The highest BCUT2D eigenvalue weighted by molar-refractivity contribution is 7.92. The average molecular weight is 402 g/mol. The quantitative estimate of drug-likeness (QED) is 0.765. The molecule has 146 valence electrons. The van der Waals surface area contributed by atoms with Crippen molar-refractivity contribution in [3.63, 3.8) is 0 Å². The minimum Gasteiger partial charge on any atom is -0.490 e. The van der Waals surface area contributed by atoms with Crippen molar-refractivity contribution in [3.05, 3.63) is 48.0 Å². The summed E-state index contributed by atoms with van der Waals surface area (Å²) in [6, 6.07) is 11.9. The molecule has 0 spiro atoms. The summed E-state index contributed by atoms with van der Waals surface area (Å²) < 4.78 is 43.7. The fourth-order valence-electron chi connectivity index (χ4n) is 2.45. The van der Waals surface area contributed by atoms with Crippen LogP contribution in [-0.4, -0.2) is 33.7 Å². The van der Waals surface area contributed by atoms with E-state index in [0.717, 1.165) is 6.42 Å². The molecule has 2 aromatic rings. The second-order valence-corrected chi connectivity index (χ2v) is 7.70. The summed E-state index contributed by atoms with van der Waals surface area (Å²) in [6.45, 7) is 2.42. The van der Waals surface area contributed by atoms with Crippen molar-refractivity contribution < 1.29 is 27.4 Å². The van der Waals surface area contributed by atoms with E-state index in [9.17, 15) is 13.2 Å². The molecule has 1 atom stereocenters. The first kappa shape index (κ1) is 19.5. The molecule has 0 bridgehead atoms. The Morgan fingerprint density at radius 1 is 1.14 bits per heavy atom. The van der Waals surface area contributed by atoms with Crippen LogP contribution < -0.4 is 14.2 Å². The van der Waals surface area contributed by atoms with E-state index in [-0.39, 0.29) is 16.1 Å². The van der Waals surface area contributed by atoms with E-state index in [1.807, 2.05) is 0 Å². The van der Waals surface area contributed by atoms with Crippen LogP contribution in [0.1, 0.15) is 23.7 Å². The molecule has 1 aliphatic heterocycles. The van der Waals surface area contributed by atoms with E-state index in [4.69, 9.17) is 19.5 Å². The van der Waals surface area contributed by atoms with Crippen LogP contribution >= 0.6 is 0 Å². The number of sulfonamides is 1. The summed E-state index contributed by atoms with van der Waals surface area (Å²) in [5.74, 6) is 0.224. The lowest BCUT2D eigenvalue weighted by atomic mass is 10.2. The normalized spacial score (nSPS) is 14.3. The average Bonchev–Trinajstić information content (AvgIpc) is 2.92. The maximum atomic E-state index is 12.6. The number of esters is 1. The molecule has 0 radical (unpaired) electrons. The van der Waals surface area contributed by atoms with E-state index < -0.39 is 22.1 Å². The lowest BCUT2D eigenvalue weighted by molar-refractivity contribution is 0.0435. The van der Waals surface area contributed by atoms with Gasteiger partial charge in [0.25, 0.3) is 10.0 Å². The summed E-state index contributed by atoms with van der Waals surface area (Å²) in [6.07, 6.45) is -0.151. The van der Waals surface area contributed by atoms with Gasteiger partial charge in [-0.05, 0) is 43.3 Å². The van der Waals surface area contributed by atoms with Crippen molar-refractivity contribution in [3.8, 4) is 17.6 Å². The van der Waals surface area contributed by atoms with Gasteiger partial charge in [-0.2, -0.15) is 5.26 Å². The molecule has 1 N–H and O–H groups in total. The lowest BCUT2D eigenvalue weighted by Crippen LogP contribution is -2.14. The van der Waals surface area contributed by atoms with Crippen molar-refractivity contribution in [2.75, 3.05) is 17.9 Å². The third kappa shape index (κ3) is 4.53. The Morgan fingerprint density at radius 3 is 2.50 bits per heavy atom. The third-order valence-corrected chi connectivity index (χ3v) is 5.25. The zero-order valence-corrected chi connectivity index (χ0v) is 15.9. The Labute approximate surface area is 162 Å². The Hall–Kier alpha value is -3.25. The van der Waals surface area contributed by atoms with E-state index in [2.05, 4.69) is 4.72 Å². The minimum absolute atomic E-state index is 0.0306. The van der Waals surface area contributed by atoms with Gasteiger partial charge < -0.3 is 14.2 Å². The summed E-state index contributed by atoms with van der Waals surface area (Å²) in [5.41, 5.74) is 0.484. The predicted molar refractivity (Wildman–Crippen MR) is 99.8 cm³/mol. The van der Waals surface area contributed by atoms with E-state index in [1.165, 1.54) is 43.3 Å². The summed E-state index contributed by atoms with van der Waals surface area (Å²) in [4.78, 5) is 11.9. The number of rotatable bonds is 5. The number of nitrogens with zero attached hydrogens (tertiary/aromatic N) is 1. The van der Waals surface area contributed by atoms with Crippen LogP contribution in [0.3, 0.4) is 0 Å². The van der Waals surface area contributed by atoms with Gasteiger partial charge in [0.15, 0.2) is 17.6 Å². The number of carbonyl (C=O) groups excluding carboxylic acids is 1. The molecule has 0 amide bonds. The van der Waals surface area contributed by atoms with Crippen LogP contribution in [0.4, 0.5) is 5.69 Å². The molecule has 1 aliphatic rings. The maximum Gasteiger partial charge on any atom is 0.339 e. The largest absolute Gasteiger partial charge is 0.490 e. The molecule has 0 aromatic heterocycles. The number of nitriles is 1. The fraction of sp³-hybridized carbons (Fsp3) is 0.263. The molecular formula is C19H18N2O6S. The van der Waals surface area contributed by atoms with Gasteiger partial charge in [0.2, 0.25) is 0 Å². The van der Waals surface area contributed by atoms with Crippen molar-refractivity contribution in [2.45, 2.75) is 24.3 Å². The number of hydrogen-bond acceptors (Lipinski definition) is 7. The second-order valence-electron chi connectivity index (χ2n) is 6.02. The third-order valence-electron chi connectivity index (χ3n) is 3.87. The number of ether oxygens (including phenoxy) is 3. The lowest BCUT2D eigenvalue weighted by Gasteiger charge is -2.12. The van der Waals surface area contributed by atoms with Crippen LogP contribution in [0.2, 0.25) is 0 Å². The van der Waals surface area contributed by atoms with Gasteiger partial charge in [-0.15, -0.1) is 0 Å². The second kappa shape index (κ2) is 8.19. The highest BCUT2D eigenvalue weighted by Crippen LogP contribution is 2.32. The molecule has 2 aromatic carbocycles. The van der Waals surface area contributed by atoms with Crippen LogP contribution in [0, 0.1) is 11.3 Å². The van der Waals surface area contributed by atoms with Gasteiger partial charge in [-0.1, -0.05) is 0 Å². The van der Waals surface area contributed by atoms with Crippen LogP contribution in [0.25, 0.3) is 0 Å². The number of carbonyl (C=O) groups is 1. The smallest absolute Gasteiger partial charge is 0.339 e. The zero-order chi connectivity index (χ0) is 20.1.